The third kappa shape index (κ3) is 1.29. The molecule has 0 radical (unpaired) electrons. The first kappa shape index (κ1) is 9.04. The Hall–Kier alpha value is -1.05. The number of nitrogens with one attached hydrogen (secondary N) is 1. The van der Waals surface area contributed by atoms with Crippen molar-refractivity contribution in [3.05, 3.63) is 22.5 Å². The van der Waals surface area contributed by atoms with Crippen LogP contribution < -0.4 is 0 Å². The predicted octanol–water partition coefficient (Wildman–Crippen LogP) is 2.53. The molecule has 12 heavy (non-hydrogen) atoms. The van der Waals surface area contributed by atoms with Gasteiger partial charge >= 0.3 is 0 Å². The third-order valence-corrected chi connectivity index (χ3v) is 2.29. The van der Waals surface area contributed by atoms with E-state index in [0.29, 0.717) is 6.42 Å². The number of Topliss-reactive ketones (excluding diaryl/α,β-unsaturated/α-hetero) is 1. The maximum atomic E-state index is 11.4. The molecule has 1 aromatic rings. The topological polar surface area (TPSA) is 32.9 Å². The molecule has 2 nitrogen and oxygen atoms in total. The van der Waals surface area contributed by atoms with Crippen LogP contribution in [0.5, 0.6) is 0 Å². The van der Waals surface area contributed by atoms with E-state index in [0.717, 1.165) is 22.5 Å². The van der Waals surface area contributed by atoms with Crippen molar-refractivity contribution in [2.24, 2.45) is 0 Å². The van der Waals surface area contributed by atoms with E-state index < -0.39 is 0 Å². The summed E-state index contributed by atoms with van der Waals surface area (Å²) in [7, 11) is 0. The van der Waals surface area contributed by atoms with Gasteiger partial charge in [-0.25, -0.2) is 0 Å². The van der Waals surface area contributed by atoms with Gasteiger partial charge in [-0.1, -0.05) is 6.92 Å². The van der Waals surface area contributed by atoms with Gasteiger partial charge in [-0.2, -0.15) is 0 Å². The summed E-state index contributed by atoms with van der Waals surface area (Å²) in [6.07, 6.45) is 0.582. The van der Waals surface area contributed by atoms with Gasteiger partial charge < -0.3 is 4.98 Å². The lowest BCUT2D eigenvalue weighted by Crippen LogP contribution is -1.99. The summed E-state index contributed by atoms with van der Waals surface area (Å²) in [5.74, 6) is 0.231. The zero-order valence-corrected chi connectivity index (χ0v) is 8.12. The normalized spacial score (nSPS) is 10.3. The van der Waals surface area contributed by atoms with Gasteiger partial charge in [-0.3, -0.25) is 4.79 Å². The average Bonchev–Trinajstić information content (AvgIpc) is 2.26. The van der Waals surface area contributed by atoms with Gasteiger partial charge in [0.05, 0.1) is 0 Å². The van der Waals surface area contributed by atoms with E-state index in [1.807, 2.05) is 27.7 Å². The second-order valence-electron chi connectivity index (χ2n) is 3.15. The van der Waals surface area contributed by atoms with Crippen LogP contribution in [0.2, 0.25) is 0 Å². The van der Waals surface area contributed by atoms with Crippen LogP contribution in [0.3, 0.4) is 0 Å². The Kier molecular flexibility index (Phi) is 2.36. The van der Waals surface area contributed by atoms with Crippen LogP contribution in [0.1, 0.15) is 40.7 Å². The lowest BCUT2D eigenvalue weighted by molar-refractivity contribution is 0.0987. The van der Waals surface area contributed by atoms with Crippen LogP contribution >= 0.6 is 0 Å². The van der Waals surface area contributed by atoms with Crippen LogP contribution in [-0.2, 0) is 0 Å². The lowest BCUT2D eigenvalue weighted by Gasteiger charge is -1.97. The minimum Gasteiger partial charge on any atom is -0.362 e. The Balaban J connectivity index is 3.22. The number of ketones is 1. The highest BCUT2D eigenvalue weighted by Gasteiger charge is 2.13. The zero-order chi connectivity index (χ0) is 9.30. The molecule has 0 amide bonds. The standard InChI is InChI=1S/C10H15NO/c1-5-9(12)10-6(2)7(3)11-8(10)4/h11H,5H2,1-4H3. The van der Waals surface area contributed by atoms with Gasteiger partial charge in [-0.15, -0.1) is 0 Å². The van der Waals surface area contributed by atoms with Crippen LogP contribution in [0.25, 0.3) is 0 Å². The molecule has 0 aromatic carbocycles. The second-order valence-corrected chi connectivity index (χ2v) is 3.15. The molecule has 2 heteroatoms. The molecule has 0 unspecified atom stereocenters. The van der Waals surface area contributed by atoms with Crippen molar-refractivity contribution in [3.63, 3.8) is 0 Å². The fraction of sp³-hybridized carbons (Fsp3) is 0.500. The smallest absolute Gasteiger partial charge is 0.164 e. The Bertz CT molecular complexity index is 310. The summed E-state index contributed by atoms with van der Waals surface area (Å²) in [4.78, 5) is 14.6. The maximum Gasteiger partial charge on any atom is 0.164 e. The first-order valence-electron chi connectivity index (χ1n) is 4.26. The zero-order valence-electron chi connectivity index (χ0n) is 8.12. The van der Waals surface area contributed by atoms with Crippen molar-refractivity contribution in [3.8, 4) is 0 Å². The van der Waals surface area contributed by atoms with Gasteiger partial charge in [0.25, 0.3) is 0 Å². The second kappa shape index (κ2) is 3.13. The van der Waals surface area contributed by atoms with Crippen molar-refractivity contribution in [2.45, 2.75) is 34.1 Å². The van der Waals surface area contributed by atoms with Gasteiger partial charge in [0.15, 0.2) is 5.78 Å². The van der Waals surface area contributed by atoms with Crippen molar-refractivity contribution in [1.82, 2.24) is 4.98 Å². The van der Waals surface area contributed by atoms with E-state index in [4.69, 9.17) is 0 Å². The maximum absolute atomic E-state index is 11.4. The number of aromatic nitrogens is 1. The highest BCUT2D eigenvalue weighted by Crippen LogP contribution is 2.18. The summed E-state index contributed by atoms with van der Waals surface area (Å²) in [5.41, 5.74) is 4.08. The molecule has 0 aliphatic rings. The van der Waals surface area contributed by atoms with Crippen LogP contribution in [-0.4, -0.2) is 10.8 Å². The van der Waals surface area contributed by atoms with Crippen LogP contribution in [0.15, 0.2) is 0 Å². The highest BCUT2D eigenvalue weighted by atomic mass is 16.1. The molecular formula is C10H15NO. The van der Waals surface area contributed by atoms with Gasteiger partial charge in [0, 0.05) is 23.4 Å². The van der Waals surface area contributed by atoms with E-state index in [2.05, 4.69) is 4.98 Å². The average molecular weight is 165 g/mol. The summed E-state index contributed by atoms with van der Waals surface area (Å²) in [6.45, 7) is 7.82. The highest BCUT2D eigenvalue weighted by molar-refractivity contribution is 5.98. The number of hydrogen-bond acceptors (Lipinski definition) is 1. The molecule has 0 fully saturated rings. The minimum atomic E-state index is 0.231. The molecule has 1 heterocycles. The van der Waals surface area contributed by atoms with Gasteiger partial charge in [-0.05, 0) is 26.3 Å². The van der Waals surface area contributed by atoms with Crippen molar-refractivity contribution in [1.29, 1.82) is 0 Å². The Morgan fingerprint density at radius 1 is 1.25 bits per heavy atom. The molecule has 0 saturated carbocycles. The quantitative estimate of drug-likeness (QED) is 0.671. The molecule has 1 N–H and O–H groups in total. The fourth-order valence-electron chi connectivity index (χ4n) is 1.50. The largest absolute Gasteiger partial charge is 0.362 e. The molecule has 1 aromatic heterocycles. The van der Waals surface area contributed by atoms with E-state index in [1.54, 1.807) is 0 Å². The fourth-order valence-corrected chi connectivity index (χ4v) is 1.50. The number of rotatable bonds is 2. The van der Waals surface area contributed by atoms with E-state index >= 15 is 0 Å². The third-order valence-electron chi connectivity index (χ3n) is 2.29. The molecule has 0 spiro atoms. The molecule has 0 saturated heterocycles. The summed E-state index contributed by atoms with van der Waals surface area (Å²) in [5, 5.41) is 0. The molecular weight excluding hydrogens is 150 g/mol. The van der Waals surface area contributed by atoms with Crippen molar-refractivity contribution in [2.75, 3.05) is 0 Å². The van der Waals surface area contributed by atoms with Crippen molar-refractivity contribution < 1.29 is 4.79 Å². The number of aromatic amines is 1. The lowest BCUT2D eigenvalue weighted by atomic mass is 10.0. The van der Waals surface area contributed by atoms with Gasteiger partial charge in [0.2, 0.25) is 0 Å². The molecule has 1 rings (SSSR count). The summed E-state index contributed by atoms with van der Waals surface area (Å²) >= 11 is 0. The van der Waals surface area contributed by atoms with E-state index in [-0.39, 0.29) is 5.78 Å². The molecule has 0 aliphatic heterocycles. The summed E-state index contributed by atoms with van der Waals surface area (Å²) < 4.78 is 0. The van der Waals surface area contributed by atoms with Crippen molar-refractivity contribution >= 4 is 5.78 Å². The Morgan fingerprint density at radius 3 is 2.17 bits per heavy atom. The first-order valence-corrected chi connectivity index (χ1v) is 4.26. The Morgan fingerprint density at radius 2 is 1.83 bits per heavy atom. The molecule has 0 aliphatic carbocycles. The van der Waals surface area contributed by atoms with Crippen LogP contribution in [0.4, 0.5) is 0 Å². The Labute approximate surface area is 73.0 Å². The molecule has 66 valence electrons. The predicted molar refractivity (Wildman–Crippen MR) is 49.6 cm³/mol. The van der Waals surface area contributed by atoms with Crippen LogP contribution in [0, 0.1) is 20.8 Å². The van der Waals surface area contributed by atoms with E-state index in [1.165, 1.54) is 0 Å². The summed E-state index contributed by atoms with van der Waals surface area (Å²) in [6, 6.07) is 0. The van der Waals surface area contributed by atoms with Gasteiger partial charge in [0.1, 0.15) is 0 Å². The number of carbonyl (C=O) groups is 1. The number of hydrogen-bond donors (Lipinski definition) is 1. The minimum absolute atomic E-state index is 0.231. The number of aryl methyl sites for hydroxylation is 2. The first-order chi connectivity index (χ1) is 5.57. The molecule has 0 atom stereocenters. The molecule has 0 bridgehead atoms. The SMILES string of the molecule is CCC(=O)c1c(C)[nH]c(C)c1C. The number of H-pyrrole nitrogens is 1. The monoisotopic (exact) mass is 165 g/mol. The van der Waals surface area contributed by atoms with E-state index in [9.17, 15) is 4.79 Å². The number of carbonyl (C=O) groups excluding carboxylic acids is 1.